The van der Waals surface area contributed by atoms with Gasteiger partial charge in [0.25, 0.3) is 5.91 Å². The van der Waals surface area contributed by atoms with Gasteiger partial charge in [0.15, 0.2) is 16.7 Å². The number of amides is 1. The molecule has 0 spiro atoms. The standard InChI is InChI=1S/C23H17F3N6O3S/c1-34-19-9-14(10-20-21(33)31-22(36-20)29-6-7-32-13-28-12-30-32)2-5-18(19)35-17-4-3-15(11-27)8-16(17)23(24,25)26/h2-5,8-10,12-13H,6-7H2,1H3,(H,29,31,33)/b20-10-. The number of alkyl halides is 3. The topological polar surface area (TPSA) is 114 Å². The maximum atomic E-state index is 13.5. The molecule has 0 atom stereocenters. The van der Waals surface area contributed by atoms with Gasteiger partial charge in [-0.3, -0.25) is 14.5 Å². The highest BCUT2D eigenvalue weighted by Crippen LogP contribution is 2.41. The summed E-state index contributed by atoms with van der Waals surface area (Å²) in [7, 11) is 1.35. The smallest absolute Gasteiger partial charge is 0.420 e. The summed E-state index contributed by atoms with van der Waals surface area (Å²) in [5, 5.41) is 16.0. The largest absolute Gasteiger partial charge is 0.493 e. The Morgan fingerprint density at radius 2 is 2.03 bits per heavy atom. The molecule has 0 saturated carbocycles. The van der Waals surface area contributed by atoms with Crippen molar-refractivity contribution in [3.8, 4) is 23.3 Å². The number of nitrogens with zero attached hydrogens (tertiary/aromatic N) is 5. The van der Waals surface area contributed by atoms with Crippen LogP contribution in [0.4, 0.5) is 13.2 Å². The summed E-state index contributed by atoms with van der Waals surface area (Å²) in [6.07, 6.45) is -0.126. The van der Waals surface area contributed by atoms with Crippen LogP contribution in [-0.2, 0) is 17.5 Å². The molecule has 1 saturated heterocycles. The van der Waals surface area contributed by atoms with Gasteiger partial charge in [0.2, 0.25) is 0 Å². The average Bonchev–Trinajstić information content (AvgIpc) is 3.49. The summed E-state index contributed by atoms with van der Waals surface area (Å²) in [5.74, 6) is -0.602. The number of nitriles is 1. The van der Waals surface area contributed by atoms with Crippen LogP contribution in [0.1, 0.15) is 16.7 Å². The summed E-state index contributed by atoms with van der Waals surface area (Å²) in [6, 6.07) is 9.28. The zero-order valence-corrected chi connectivity index (χ0v) is 19.4. The van der Waals surface area contributed by atoms with Crippen molar-refractivity contribution < 1.29 is 27.4 Å². The van der Waals surface area contributed by atoms with E-state index >= 15 is 0 Å². The Morgan fingerprint density at radius 3 is 2.72 bits per heavy atom. The van der Waals surface area contributed by atoms with Crippen LogP contribution in [0.5, 0.6) is 17.2 Å². The lowest BCUT2D eigenvalue weighted by molar-refractivity contribution is -0.138. The predicted octanol–water partition coefficient (Wildman–Crippen LogP) is 4.23. The molecule has 4 rings (SSSR count). The van der Waals surface area contributed by atoms with Crippen LogP contribution in [0.3, 0.4) is 0 Å². The molecule has 1 aromatic heterocycles. The molecular weight excluding hydrogens is 497 g/mol. The Bertz CT molecular complexity index is 1380. The number of hydrogen-bond acceptors (Lipinski definition) is 8. The molecule has 184 valence electrons. The number of thioether (sulfide) groups is 1. The van der Waals surface area contributed by atoms with Crippen LogP contribution in [-0.4, -0.2) is 39.5 Å². The monoisotopic (exact) mass is 514 g/mol. The number of halogens is 3. The van der Waals surface area contributed by atoms with E-state index in [4.69, 9.17) is 14.7 Å². The minimum Gasteiger partial charge on any atom is -0.493 e. The number of aliphatic imine (C=N–C) groups is 1. The summed E-state index contributed by atoms with van der Waals surface area (Å²) in [6.45, 7) is 0.904. The molecule has 0 bridgehead atoms. The van der Waals surface area contributed by atoms with Crippen molar-refractivity contribution >= 4 is 28.9 Å². The third-order valence-corrected chi connectivity index (χ3v) is 5.77. The van der Waals surface area contributed by atoms with Gasteiger partial charge in [0, 0.05) is 0 Å². The Labute approximate surface area is 207 Å². The van der Waals surface area contributed by atoms with Crippen LogP contribution in [0.15, 0.2) is 59.0 Å². The van der Waals surface area contributed by atoms with Crippen LogP contribution >= 0.6 is 11.8 Å². The molecule has 1 amide bonds. The second kappa shape index (κ2) is 10.5. The molecular formula is C23H17F3N6O3S. The molecule has 2 heterocycles. The highest BCUT2D eigenvalue weighted by molar-refractivity contribution is 8.18. The van der Waals surface area contributed by atoms with Gasteiger partial charge in [0.1, 0.15) is 18.4 Å². The first kappa shape index (κ1) is 24.8. The Kier molecular flexibility index (Phi) is 7.25. The van der Waals surface area contributed by atoms with Crippen molar-refractivity contribution in [2.24, 2.45) is 4.99 Å². The first-order valence-corrected chi connectivity index (χ1v) is 11.1. The van der Waals surface area contributed by atoms with Crippen LogP contribution in [0, 0.1) is 11.3 Å². The van der Waals surface area contributed by atoms with E-state index in [0.29, 0.717) is 28.7 Å². The number of nitrogens with one attached hydrogen (secondary N) is 1. The van der Waals surface area contributed by atoms with Gasteiger partial charge >= 0.3 is 6.18 Å². The van der Waals surface area contributed by atoms with Crippen molar-refractivity contribution in [3.63, 3.8) is 0 Å². The van der Waals surface area contributed by atoms with Crippen molar-refractivity contribution in [2.75, 3.05) is 13.7 Å². The highest BCUT2D eigenvalue weighted by atomic mass is 32.2. The predicted molar refractivity (Wildman–Crippen MR) is 125 cm³/mol. The second-order valence-corrected chi connectivity index (χ2v) is 8.27. The van der Waals surface area contributed by atoms with Gasteiger partial charge in [-0.15, -0.1) is 0 Å². The zero-order chi connectivity index (χ0) is 25.7. The maximum absolute atomic E-state index is 13.5. The molecule has 36 heavy (non-hydrogen) atoms. The lowest BCUT2D eigenvalue weighted by atomic mass is 10.1. The molecule has 3 aromatic rings. The zero-order valence-electron chi connectivity index (χ0n) is 18.6. The number of aromatic nitrogens is 3. The van der Waals surface area contributed by atoms with E-state index in [9.17, 15) is 18.0 Å². The van der Waals surface area contributed by atoms with Crippen molar-refractivity contribution in [3.05, 3.63) is 70.6 Å². The first-order valence-electron chi connectivity index (χ1n) is 10.3. The molecule has 0 radical (unpaired) electrons. The summed E-state index contributed by atoms with van der Waals surface area (Å²) in [5.41, 5.74) is -0.654. The van der Waals surface area contributed by atoms with E-state index in [2.05, 4.69) is 20.4 Å². The van der Waals surface area contributed by atoms with Gasteiger partial charge in [-0.2, -0.15) is 23.5 Å². The number of amidine groups is 1. The van der Waals surface area contributed by atoms with Crippen LogP contribution < -0.4 is 14.8 Å². The molecule has 0 aliphatic carbocycles. The minimum absolute atomic E-state index is 0.0359. The molecule has 1 aliphatic rings. The van der Waals surface area contributed by atoms with E-state index in [1.165, 1.54) is 31.6 Å². The summed E-state index contributed by atoms with van der Waals surface area (Å²) >= 11 is 1.16. The van der Waals surface area contributed by atoms with Gasteiger partial charge in [0.05, 0.1) is 42.3 Å². The van der Waals surface area contributed by atoms with E-state index in [1.807, 2.05) is 0 Å². The molecule has 2 aromatic carbocycles. The van der Waals surface area contributed by atoms with Crippen LogP contribution in [0.2, 0.25) is 0 Å². The van der Waals surface area contributed by atoms with Gasteiger partial charge in [-0.1, -0.05) is 6.07 Å². The van der Waals surface area contributed by atoms with E-state index in [1.54, 1.807) is 29.2 Å². The van der Waals surface area contributed by atoms with E-state index in [-0.39, 0.29) is 23.0 Å². The first-order chi connectivity index (χ1) is 17.3. The maximum Gasteiger partial charge on any atom is 0.420 e. The van der Waals surface area contributed by atoms with E-state index < -0.39 is 17.5 Å². The third kappa shape index (κ3) is 5.84. The van der Waals surface area contributed by atoms with Crippen molar-refractivity contribution in [2.45, 2.75) is 12.7 Å². The highest BCUT2D eigenvalue weighted by Gasteiger charge is 2.35. The number of rotatable bonds is 7. The van der Waals surface area contributed by atoms with Crippen molar-refractivity contribution in [1.82, 2.24) is 20.1 Å². The average molecular weight is 514 g/mol. The lowest BCUT2D eigenvalue weighted by Crippen LogP contribution is -2.20. The number of carbonyl (C=O) groups excluding carboxylic acids is 1. The SMILES string of the molecule is COc1cc(/C=C2\SC(=NCCn3cncn3)NC2=O)ccc1Oc1ccc(C#N)cc1C(F)(F)F. The lowest BCUT2D eigenvalue weighted by Gasteiger charge is -2.16. The number of ether oxygens (including phenoxy) is 2. The molecule has 9 nitrogen and oxygen atoms in total. The molecule has 1 fully saturated rings. The third-order valence-electron chi connectivity index (χ3n) is 4.82. The molecule has 1 aliphatic heterocycles. The number of hydrogen-bond donors (Lipinski definition) is 1. The Balaban J connectivity index is 1.51. The summed E-state index contributed by atoms with van der Waals surface area (Å²) in [4.78, 5) is 20.9. The normalized spacial score (nSPS) is 15.7. The molecule has 0 unspecified atom stereocenters. The Morgan fingerprint density at radius 1 is 1.22 bits per heavy atom. The quantitative estimate of drug-likeness (QED) is 0.470. The van der Waals surface area contributed by atoms with Gasteiger partial charge in [-0.05, 0) is 53.7 Å². The fourth-order valence-corrected chi connectivity index (χ4v) is 3.99. The number of benzene rings is 2. The molecule has 1 N–H and O–H groups in total. The van der Waals surface area contributed by atoms with Crippen molar-refractivity contribution in [1.29, 1.82) is 5.26 Å². The fraction of sp³-hybridized carbons (Fsp3) is 0.174. The number of carbonyl (C=O) groups is 1. The Hall–Kier alpha value is -4.31. The minimum atomic E-state index is -4.72. The van der Waals surface area contributed by atoms with E-state index in [0.717, 1.165) is 23.9 Å². The van der Waals surface area contributed by atoms with Crippen LogP contribution in [0.25, 0.3) is 6.08 Å². The second-order valence-electron chi connectivity index (χ2n) is 7.24. The van der Waals surface area contributed by atoms with Gasteiger partial charge < -0.3 is 14.8 Å². The fourth-order valence-electron chi connectivity index (χ4n) is 3.14. The number of methoxy groups -OCH3 is 1. The summed E-state index contributed by atoms with van der Waals surface area (Å²) < 4.78 is 52.8. The van der Waals surface area contributed by atoms with Gasteiger partial charge in [-0.25, -0.2) is 4.98 Å². The molecule has 13 heteroatoms.